The maximum absolute atomic E-state index is 10.4. The first-order valence-corrected chi connectivity index (χ1v) is 6.26. The van der Waals surface area contributed by atoms with E-state index in [2.05, 4.69) is 10.5 Å². The summed E-state index contributed by atoms with van der Waals surface area (Å²) in [7, 11) is 0. The van der Waals surface area contributed by atoms with Crippen molar-refractivity contribution in [2.24, 2.45) is 5.10 Å². The number of nitro groups is 1. The van der Waals surface area contributed by atoms with Gasteiger partial charge >= 0.3 is 5.88 Å². The van der Waals surface area contributed by atoms with Crippen LogP contribution in [0.4, 0.5) is 5.88 Å². The Labute approximate surface area is 124 Å². The first-order valence-electron chi connectivity index (χ1n) is 5.51. The van der Waals surface area contributed by atoms with Gasteiger partial charge in [0.1, 0.15) is 4.92 Å². The molecule has 0 saturated heterocycles. The number of furan rings is 1. The molecule has 0 amide bonds. The maximum atomic E-state index is 10.4. The lowest BCUT2D eigenvalue weighted by Gasteiger charge is -2.05. The highest BCUT2D eigenvalue weighted by atomic mass is 35.5. The van der Waals surface area contributed by atoms with Crippen LogP contribution in [0.2, 0.25) is 10.0 Å². The van der Waals surface area contributed by atoms with E-state index in [9.17, 15) is 10.1 Å². The van der Waals surface area contributed by atoms with Crippen LogP contribution in [-0.2, 0) is 6.54 Å². The molecule has 1 heterocycles. The molecule has 1 N–H and O–H groups in total. The third-order valence-corrected chi connectivity index (χ3v) is 3.10. The van der Waals surface area contributed by atoms with Gasteiger partial charge in [0, 0.05) is 15.6 Å². The second-order valence-electron chi connectivity index (χ2n) is 3.73. The zero-order chi connectivity index (χ0) is 14.5. The van der Waals surface area contributed by atoms with Crippen LogP contribution in [-0.4, -0.2) is 11.1 Å². The minimum Gasteiger partial charge on any atom is -0.400 e. The van der Waals surface area contributed by atoms with E-state index < -0.39 is 4.92 Å². The van der Waals surface area contributed by atoms with E-state index in [1.165, 1.54) is 18.3 Å². The summed E-state index contributed by atoms with van der Waals surface area (Å²) >= 11 is 12.0. The fraction of sp³-hybridized carbons (Fsp3) is 0.0833. The van der Waals surface area contributed by atoms with E-state index in [0.717, 1.165) is 5.56 Å². The fourth-order valence-corrected chi connectivity index (χ4v) is 1.98. The van der Waals surface area contributed by atoms with Crippen LogP contribution in [0.1, 0.15) is 11.3 Å². The number of benzene rings is 1. The van der Waals surface area contributed by atoms with Crippen molar-refractivity contribution in [3.05, 3.63) is 61.8 Å². The van der Waals surface area contributed by atoms with Gasteiger partial charge in [-0.15, -0.1) is 0 Å². The van der Waals surface area contributed by atoms with E-state index in [1.807, 2.05) is 0 Å². The van der Waals surface area contributed by atoms with Crippen LogP contribution in [0.25, 0.3) is 0 Å². The molecule has 0 aliphatic carbocycles. The molecule has 1 aromatic carbocycles. The fourth-order valence-electron chi connectivity index (χ4n) is 1.44. The lowest BCUT2D eigenvalue weighted by molar-refractivity contribution is -0.402. The molecule has 0 atom stereocenters. The summed E-state index contributed by atoms with van der Waals surface area (Å²) in [5.41, 5.74) is 3.46. The van der Waals surface area contributed by atoms with Gasteiger partial charge in [0.25, 0.3) is 0 Å². The highest BCUT2D eigenvalue weighted by Gasteiger charge is 2.10. The Balaban J connectivity index is 1.95. The molecule has 1 aromatic heterocycles. The molecule has 0 unspecified atom stereocenters. The summed E-state index contributed by atoms with van der Waals surface area (Å²) in [4.78, 5) is 9.81. The van der Waals surface area contributed by atoms with Crippen molar-refractivity contribution in [3.8, 4) is 0 Å². The van der Waals surface area contributed by atoms with Crippen molar-refractivity contribution >= 4 is 35.3 Å². The Morgan fingerprint density at radius 2 is 2.00 bits per heavy atom. The number of hydrogen-bond donors (Lipinski definition) is 1. The molecule has 2 rings (SSSR count). The Morgan fingerprint density at radius 3 is 2.60 bits per heavy atom. The summed E-state index contributed by atoms with van der Waals surface area (Å²) in [6.45, 7) is 0.331. The first-order chi connectivity index (χ1) is 9.58. The molecule has 8 heteroatoms. The Bertz CT molecular complexity index is 635. The number of nitrogens with one attached hydrogen (secondary N) is 1. The van der Waals surface area contributed by atoms with E-state index in [-0.39, 0.29) is 11.6 Å². The molecule has 20 heavy (non-hydrogen) atoms. The van der Waals surface area contributed by atoms with Crippen molar-refractivity contribution in [2.75, 3.05) is 0 Å². The molecule has 0 spiro atoms. The van der Waals surface area contributed by atoms with Crippen LogP contribution < -0.4 is 5.43 Å². The molecular formula is C12H9Cl2N3O3. The minimum atomic E-state index is -0.617. The zero-order valence-corrected chi connectivity index (χ0v) is 11.6. The van der Waals surface area contributed by atoms with Crippen molar-refractivity contribution in [1.82, 2.24) is 5.43 Å². The third-order valence-electron chi connectivity index (χ3n) is 2.39. The minimum absolute atomic E-state index is 0.273. The van der Waals surface area contributed by atoms with Crippen LogP contribution in [0.5, 0.6) is 0 Å². The average Bonchev–Trinajstić information content (AvgIpc) is 2.86. The summed E-state index contributed by atoms with van der Waals surface area (Å²) in [5.74, 6) is -0.0601. The predicted octanol–water partition coefficient (Wildman–Crippen LogP) is 3.62. The summed E-state index contributed by atoms with van der Waals surface area (Å²) in [6, 6.07) is 7.91. The van der Waals surface area contributed by atoms with Gasteiger partial charge in [-0.2, -0.15) is 5.10 Å². The molecule has 0 aliphatic heterocycles. The Morgan fingerprint density at radius 1 is 1.30 bits per heavy atom. The molecule has 0 radical (unpaired) electrons. The van der Waals surface area contributed by atoms with Gasteiger partial charge < -0.3 is 9.84 Å². The molecule has 104 valence electrons. The SMILES string of the molecule is O=[N+]([O-])c1ccc(/C=N\NCc2c(Cl)cccc2Cl)o1. The Kier molecular flexibility index (Phi) is 4.60. The maximum Gasteiger partial charge on any atom is 0.433 e. The van der Waals surface area contributed by atoms with Crippen molar-refractivity contribution in [2.45, 2.75) is 6.54 Å². The van der Waals surface area contributed by atoms with Gasteiger partial charge in [0.05, 0.1) is 18.8 Å². The Hall–Kier alpha value is -2.05. The summed E-state index contributed by atoms with van der Waals surface area (Å²) in [5, 5.41) is 15.4. The van der Waals surface area contributed by atoms with Crippen molar-refractivity contribution < 1.29 is 9.34 Å². The zero-order valence-electron chi connectivity index (χ0n) is 10.0. The van der Waals surface area contributed by atoms with Gasteiger partial charge in [-0.25, -0.2) is 0 Å². The van der Waals surface area contributed by atoms with E-state index in [4.69, 9.17) is 27.6 Å². The first kappa shape index (κ1) is 14.4. The molecule has 0 saturated carbocycles. The van der Waals surface area contributed by atoms with Crippen molar-refractivity contribution in [3.63, 3.8) is 0 Å². The molecule has 0 fully saturated rings. The number of hydrogen-bond acceptors (Lipinski definition) is 5. The van der Waals surface area contributed by atoms with Gasteiger partial charge in [-0.3, -0.25) is 10.1 Å². The largest absolute Gasteiger partial charge is 0.433 e. The third kappa shape index (κ3) is 3.49. The average molecular weight is 314 g/mol. The van der Waals surface area contributed by atoms with Crippen LogP contribution >= 0.6 is 23.2 Å². The van der Waals surface area contributed by atoms with Gasteiger partial charge in [-0.05, 0) is 18.2 Å². The topological polar surface area (TPSA) is 80.7 Å². The standard InChI is InChI=1S/C12H9Cl2N3O3/c13-10-2-1-3-11(14)9(10)7-16-15-6-8-4-5-12(20-8)17(18)19/h1-6,16H,7H2/b15-6-. The number of hydrazone groups is 1. The van der Waals surface area contributed by atoms with E-state index in [0.29, 0.717) is 16.6 Å². The molecule has 0 aliphatic rings. The molecule has 6 nitrogen and oxygen atoms in total. The highest BCUT2D eigenvalue weighted by Crippen LogP contribution is 2.23. The van der Waals surface area contributed by atoms with Gasteiger partial charge in [0.15, 0.2) is 5.76 Å². The van der Waals surface area contributed by atoms with Crippen LogP contribution in [0.3, 0.4) is 0 Å². The smallest absolute Gasteiger partial charge is 0.400 e. The summed E-state index contributed by atoms with van der Waals surface area (Å²) in [6.07, 6.45) is 1.33. The number of halogens is 2. The normalized spacial score (nSPS) is 10.9. The highest BCUT2D eigenvalue weighted by molar-refractivity contribution is 6.35. The number of rotatable bonds is 5. The van der Waals surface area contributed by atoms with E-state index in [1.54, 1.807) is 18.2 Å². The lowest BCUT2D eigenvalue weighted by atomic mass is 10.2. The van der Waals surface area contributed by atoms with Crippen molar-refractivity contribution in [1.29, 1.82) is 0 Å². The molecular weight excluding hydrogens is 305 g/mol. The van der Waals surface area contributed by atoms with Gasteiger partial charge in [0.2, 0.25) is 0 Å². The molecule has 0 bridgehead atoms. The molecule has 2 aromatic rings. The summed E-state index contributed by atoms with van der Waals surface area (Å²) < 4.78 is 4.90. The van der Waals surface area contributed by atoms with Crippen LogP contribution in [0.15, 0.2) is 39.9 Å². The monoisotopic (exact) mass is 313 g/mol. The van der Waals surface area contributed by atoms with E-state index >= 15 is 0 Å². The predicted molar refractivity (Wildman–Crippen MR) is 76.3 cm³/mol. The quantitative estimate of drug-likeness (QED) is 0.519. The second kappa shape index (κ2) is 6.40. The second-order valence-corrected chi connectivity index (χ2v) is 4.54. The van der Waals surface area contributed by atoms with Gasteiger partial charge in [-0.1, -0.05) is 29.3 Å². The number of nitrogens with zero attached hydrogens (tertiary/aromatic N) is 2. The lowest BCUT2D eigenvalue weighted by Crippen LogP contribution is -2.06. The van der Waals surface area contributed by atoms with Crippen LogP contribution in [0, 0.1) is 10.1 Å².